The molecule has 0 spiro atoms. The van der Waals surface area contributed by atoms with E-state index in [0.717, 1.165) is 23.9 Å². The van der Waals surface area contributed by atoms with Gasteiger partial charge in [0.25, 0.3) is 0 Å². The maximum atomic E-state index is 12.1. The molecule has 0 aliphatic carbocycles. The van der Waals surface area contributed by atoms with Crippen LogP contribution in [0.25, 0.3) is 11.0 Å². The minimum atomic E-state index is -0.465. The SMILES string of the molecule is CC(C)(C)OC(=O)N1CCC(n2nnc3ccc(N)cc32)CC1. The number of hydrogen-bond acceptors (Lipinski definition) is 5. The van der Waals surface area contributed by atoms with Crippen LogP contribution in [-0.4, -0.2) is 44.7 Å². The normalized spacial score (nSPS) is 16.7. The Bertz CT molecular complexity index is 711. The van der Waals surface area contributed by atoms with Crippen molar-refractivity contribution < 1.29 is 9.53 Å². The summed E-state index contributed by atoms with van der Waals surface area (Å²) in [5.74, 6) is 0. The molecule has 1 aromatic carbocycles. The number of fused-ring (bicyclic) bond motifs is 1. The Kier molecular flexibility index (Phi) is 3.87. The second kappa shape index (κ2) is 5.72. The molecule has 2 aromatic rings. The zero-order valence-electron chi connectivity index (χ0n) is 13.8. The van der Waals surface area contributed by atoms with Crippen LogP contribution >= 0.6 is 0 Å². The fourth-order valence-electron chi connectivity index (χ4n) is 2.84. The molecule has 1 fully saturated rings. The molecule has 0 bridgehead atoms. The molecule has 1 aromatic heterocycles. The molecule has 124 valence electrons. The summed E-state index contributed by atoms with van der Waals surface area (Å²) in [5.41, 5.74) is 7.89. The molecule has 3 rings (SSSR count). The highest BCUT2D eigenvalue weighted by Crippen LogP contribution is 2.27. The van der Waals surface area contributed by atoms with E-state index in [1.807, 2.05) is 43.7 Å². The number of amides is 1. The third-order valence-corrected chi connectivity index (χ3v) is 3.96. The molecule has 23 heavy (non-hydrogen) atoms. The molecular formula is C16H23N5O2. The number of anilines is 1. The topological polar surface area (TPSA) is 86.3 Å². The molecule has 1 amide bonds. The van der Waals surface area contributed by atoms with Crippen LogP contribution in [-0.2, 0) is 4.74 Å². The van der Waals surface area contributed by atoms with Gasteiger partial charge < -0.3 is 15.4 Å². The van der Waals surface area contributed by atoms with Gasteiger partial charge in [-0.2, -0.15) is 0 Å². The van der Waals surface area contributed by atoms with Crippen molar-refractivity contribution in [3.8, 4) is 0 Å². The van der Waals surface area contributed by atoms with Crippen LogP contribution in [0.5, 0.6) is 0 Å². The molecule has 2 N–H and O–H groups in total. The van der Waals surface area contributed by atoms with Crippen LogP contribution < -0.4 is 5.73 Å². The van der Waals surface area contributed by atoms with Crippen LogP contribution in [0.2, 0.25) is 0 Å². The summed E-state index contributed by atoms with van der Waals surface area (Å²) in [6.07, 6.45) is 1.41. The van der Waals surface area contributed by atoms with E-state index in [1.54, 1.807) is 4.90 Å². The summed E-state index contributed by atoms with van der Waals surface area (Å²) in [6.45, 7) is 6.95. The molecule has 0 atom stereocenters. The molecule has 7 nitrogen and oxygen atoms in total. The van der Waals surface area contributed by atoms with Crippen molar-refractivity contribution >= 4 is 22.8 Å². The molecule has 0 unspecified atom stereocenters. The van der Waals surface area contributed by atoms with E-state index >= 15 is 0 Å². The van der Waals surface area contributed by atoms with Gasteiger partial charge in [0.05, 0.1) is 11.6 Å². The largest absolute Gasteiger partial charge is 0.444 e. The Balaban J connectivity index is 1.69. The van der Waals surface area contributed by atoms with Gasteiger partial charge in [0.2, 0.25) is 0 Å². The molecule has 1 aliphatic heterocycles. The van der Waals surface area contributed by atoms with Gasteiger partial charge in [0, 0.05) is 18.8 Å². The molecule has 0 saturated carbocycles. The van der Waals surface area contributed by atoms with Crippen molar-refractivity contribution in [3.63, 3.8) is 0 Å². The van der Waals surface area contributed by atoms with Gasteiger partial charge in [0.15, 0.2) is 0 Å². The van der Waals surface area contributed by atoms with Crippen molar-refractivity contribution in [2.45, 2.75) is 45.3 Å². The number of rotatable bonds is 1. The number of nitrogens with zero attached hydrogens (tertiary/aromatic N) is 4. The Morgan fingerprint density at radius 2 is 2.00 bits per heavy atom. The first-order valence-corrected chi connectivity index (χ1v) is 7.92. The average molecular weight is 317 g/mol. The Morgan fingerprint density at radius 1 is 1.30 bits per heavy atom. The molecular weight excluding hydrogens is 294 g/mol. The number of carbonyl (C=O) groups excluding carboxylic acids is 1. The number of likely N-dealkylation sites (tertiary alicyclic amines) is 1. The molecule has 2 heterocycles. The van der Waals surface area contributed by atoms with Gasteiger partial charge in [-0.25, -0.2) is 9.48 Å². The third kappa shape index (κ3) is 3.38. The summed E-state index contributed by atoms with van der Waals surface area (Å²) < 4.78 is 7.35. The molecule has 7 heteroatoms. The van der Waals surface area contributed by atoms with E-state index in [2.05, 4.69) is 10.3 Å². The number of piperidine rings is 1. The Labute approximate surface area is 135 Å². The van der Waals surface area contributed by atoms with Gasteiger partial charge in [0.1, 0.15) is 11.1 Å². The predicted octanol–water partition coefficient (Wildman–Crippen LogP) is 2.59. The summed E-state index contributed by atoms with van der Waals surface area (Å²) in [5, 5.41) is 8.46. The van der Waals surface area contributed by atoms with Crippen molar-refractivity contribution in [1.82, 2.24) is 19.9 Å². The van der Waals surface area contributed by atoms with Crippen molar-refractivity contribution in [1.29, 1.82) is 0 Å². The van der Waals surface area contributed by atoms with Crippen molar-refractivity contribution in [3.05, 3.63) is 18.2 Å². The highest BCUT2D eigenvalue weighted by molar-refractivity contribution is 5.78. The van der Waals surface area contributed by atoms with Crippen LogP contribution in [0.15, 0.2) is 18.2 Å². The summed E-state index contributed by atoms with van der Waals surface area (Å²) in [7, 11) is 0. The zero-order valence-corrected chi connectivity index (χ0v) is 13.8. The first-order chi connectivity index (χ1) is 10.8. The summed E-state index contributed by atoms with van der Waals surface area (Å²) in [4.78, 5) is 13.9. The predicted molar refractivity (Wildman–Crippen MR) is 88.0 cm³/mol. The second-order valence-electron chi connectivity index (χ2n) is 6.98. The first kappa shape index (κ1) is 15.6. The fraction of sp³-hybridized carbons (Fsp3) is 0.562. The summed E-state index contributed by atoms with van der Waals surface area (Å²) >= 11 is 0. The Morgan fingerprint density at radius 3 is 2.65 bits per heavy atom. The van der Waals surface area contributed by atoms with E-state index in [9.17, 15) is 4.79 Å². The Hall–Kier alpha value is -2.31. The summed E-state index contributed by atoms with van der Waals surface area (Å²) in [6, 6.07) is 5.83. The highest BCUT2D eigenvalue weighted by atomic mass is 16.6. The minimum Gasteiger partial charge on any atom is -0.444 e. The van der Waals surface area contributed by atoms with Gasteiger partial charge in [-0.3, -0.25) is 0 Å². The van der Waals surface area contributed by atoms with Gasteiger partial charge >= 0.3 is 6.09 Å². The quantitative estimate of drug-likeness (QED) is 0.817. The zero-order chi connectivity index (χ0) is 16.6. The number of aromatic nitrogens is 3. The lowest BCUT2D eigenvalue weighted by Gasteiger charge is -2.33. The van der Waals surface area contributed by atoms with Crippen LogP contribution in [0, 0.1) is 0 Å². The smallest absolute Gasteiger partial charge is 0.410 e. The van der Waals surface area contributed by atoms with Crippen molar-refractivity contribution in [2.75, 3.05) is 18.8 Å². The monoisotopic (exact) mass is 317 g/mol. The number of carbonyl (C=O) groups is 1. The first-order valence-electron chi connectivity index (χ1n) is 7.92. The fourth-order valence-corrected chi connectivity index (χ4v) is 2.84. The number of nitrogens with two attached hydrogens (primary N) is 1. The average Bonchev–Trinajstić information content (AvgIpc) is 2.88. The van der Waals surface area contributed by atoms with Crippen LogP contribution in [0.3, 0.4) is 0 Å². The van der Waals surface area contributed by atoms with Crippen LogP contribution in [0.1, 0.15) is 39.7 Å². The number of ether oxygens (including phenoxy) is 1. The highest BCUT2D eigenvalue weighted by Gasteiger charge is 2.28. The third-order valence-electron chi connectivity index (χ3n) is 3.96. The standard InChI is InChI=1S/C16H23N5O2/c1-16(2,3)23-15(22)20-8-6-12(7-9-20)21-14-10-11(17)4-5-13(14)18-19-21/h4-5,10,12H,6-9,17H2,1-3H3. The lowest BCUT2D eigenvalue weighted by Crippen LogP contribution is -2.42. The minimum absolute atomic E-state index is 0.223. The van der Waals surface area contributed by atoms with E-state index in [1.165, 1.54) is 0 Å². The lowest BCUT2D eigenvalue weighted by molar-refractivity contribution is 0.0185. The molecule has 1 saturated heterocycles. The lowest BCUT2D eigenvalue weighted by atomic mass is 10.1. The molecule has 1 aliphatic rings. The number of hydrogen-bond donors (Lipinski definition) is 1. The number of benzene rings is 1. The van der Waals surface area contributed by atoms with Gasteiger partial charge in [-0.1, -0.05) is 5.21 Å². The van der Waals surface area contributed by atoms with E-state index < -0.39 is 5.60 Å². The van der Waals surface area contributed by atoms with E-state index in [-0.39, 0.29) is 12.1 Å². The maximum absolute atomic E-state index is 12.1. The molecule has 0 radical (unpaired) electrons. The van der Waals surface area contributed by atoms with Gasteiger partial charge in [-0.15, -0.1) is 5.10 Å². The second-order valence-corrected chi connectivity index (χ2v) is 6.98. The van der Waals surface area contributed by atoms with Crippen LogP contribution in [0.4, 0.5) is 10.5 Å². The number of nitrogen functional groups attached to an aromatic ring is 1. The van der Waals surface area contributed by atoms with E-state index in [4.69, 9.17) is 10.5 Å². The maximum Gasteiger partial charge on any atom is 0.410 e. The van der Waals surface area contributed by atoms with Crippen molar-refractivity contribution in [2.24, 2.45) is 0 Å². The van der Waals surface area contributed by atoms with Gasteiger partial charge in [-0.05, 0) is 51.8 Å². The van der Waals surface area contributed by atoms with E-state index in [0.29, 0.717) is 18.8 Å².